The summed E-state index contributed by atoms with van der Waals surface area (Å²) in [5.41, 5.74) is 12.4. The van der Waals surface area contributed by atoms with Crippen LogP contribution in [0.4, 0.5) is 0 Å². The summed E-state index contributed by atoms with van der Waals surface area (Å²) in [6.45, 7) is 14.9. The Morgan fingerprint density at radius 3 is 2.03 bits per heavy atom. The van der Waals surface area contributed by atoms with E-state index in [2.05, 4.69) is 43.5 Å². The van der Waals surface area contributed by atoms with E-state index in [1.165, 1.54) is 33.9 Å². The second-order valence-corrected chi connectivity index (χ2v) is 18.3. The summed E-state index contributed by atoms with van der Waals surface area (Å²) in [5.74, 6) is -12.6. The van der Waals surface area contributed by atoms with Crippen molar-refractivity contribution in [2.45, 2.75) is 129 Å². The van der Waals surface area contributed by atoms with Gasteiger partial charge in [-0.25, -0.2) is 9.59 Å². The number of aliphatic imine (C=N–C) groups is 1. The minimum atomic E-state index is -1.88. The molecule has 1 aliphatic heterocycles. The number of nitrogens with zero attached hydrogens (tertiary/aromatic N) is 2. The SMILES string of the molecule is C=C1C(=O)N[C@H](C)C(=O)N[C@@H](CC(C)C)C(=O)N[C@@H](C(=O)O)[C@H](C)C(=O)N[C@@H](CCCN=C(N)N)C(=O)N[C@H](/C=C/C(C)=C/[C@H](C)[C@H](Cc2ccccc2)OC)[C@H](C)C(=O)N[C@@H](C(=O)O)CCC(=O)N1C. The third-order valence-corrected chi connectivity index (χ3v) is 12.0. The zero-order valence-corrected chi connectivity index (χ0v) is 42.2. The minimum absolute atomic E-state index is 0.00610. The maximum atomic E-state index is 14.4. The van der Waals surface area contributed by atoms with Gasteiger partial charge in [0.2, 0.25) is 35.4 Å². The van der Waals surface area contributed by atoms with E-state index in [9.17, 15) is 53.4 Å². The van der Waals surface area contributed by atoms with E-state index in [1.807, 2.05) is 43.3 Å². The predicted molar refractivity (Wildman–Crippen MR) is 264 cm³/mol. The largest absolute Gasteiger partial charge is 0.480 e. The van der Waals surface area contributed by atoms with Gasteiger partial charge >= 0.3 is 11.9 Å². The fourth-order valence-corrected chi connectivity index (χ4v) is 7.46. The molecule has 0 aliphatic carbocycles. The first-order valence-corrected chi connectivity index (χ1v) is 23.5. The molecule has 22 nitrogen and oxygen atoms in total. The van der Waals surface area contributed by atoms with Gasteiger partial charge in [0.05, 0.1) is 24.0 Å². The highest BCUT2D eigenvalue weighted by Crippen LogP contribution is 2.19. The number of carboxylic acid groups (broad SMARTS) is 2. The van der Waals surface area contributed by atoms with Crippen LogP contribution < -0.4 is 43.4 Å². The molecule has 12 N–H and O–H groups in total. The van der Waals surface area contributed by atoms with E-state index in [0.717, 1.165) is 10.5 Å². The third-order valence-electron chi connectivity index (χ3n) is 12.0. The Morgan fingerprint density at radius 2 is 1.45 bits per heavy atom. The van der Waals surface area contributed by atoms with Gasteiger partial charge in [-0.2, -0.15) is 0 Å². The third kappa shape index (κ3) is 20.0. The van der Waals surface area contributed by atoms with Crippen molar-refractivity contribution in [2.75, 3.05) is 20.7 Å². The summed E-state index contributed by atoms with van der Waals surface area (Å²) in [7, 11) is 2.82. The Morgan fingerprint density at radius 1 is 0.845 bits per heavy atom. The highest BCUT2D eigenvalue weighted by molar-refractivity contribution is 6.00. The van der Waals surface area contributed by atoms with E-state index in [-0.39, 0.29) is 49.7 Å². The molecule has 0 saturated carbocycles. The van der Waals surface area contributed by atoms with Crippen molar-refractivity contribution in [3.8, 4) is 0 Å². The maximum Gasteiger partial charge on any atom is 0.327 e. The summed E-state index contributed by atoms with van der Waals surface area (Å²) in [6, 6.07) is 0.998. The van der Waals surface area contributed by atoms with Crippen LogP contribution in [0.25, 0.3) is 0 Å². The lowest BCUT2D eigenvalue weighted by molar-refractivity contribution is -0.146. The quantitative estimate of drug-likeness (QED) is 0.0379. The van der Waals surface area contributed by atoms with Gasteiger partial charge in [-0.05, 0) is 57.4 Å². The van der Waals surface area contributed by atoms with Crippen molar-refractivity contribution in [1.82, 2.24) is 36.8 Å². The number of hydrogen-bond donors (Lipinski definition) is 10. The molecule has 0 unspecified atom stereocenters. The van der Waals surface area contributed by atoms with Crippen molar-refractivity contribution in [1.29, 1.82) is 0 Å². The molecule has 1 heterocycles. The number of likely N-dealkylation sites (N-methyl/N-ethyl adjacent to an activating group) is 1. The van der Waals surface area contributed by atoms with Crippen molar-refractivity contribution in [2.24, 2.45) is 40.1 Å². The van der Waals surface area contributed by atoms with Gasteiger partial charge in [-0.15, -0.1) is 0 Å². The molecular weight excluding hydrogens is 921 g/mol. The van der Waals surface area contributed by atoms with Crippen LogP contribution in [-0.2, 0) is 54.3 Å². The molecule has 1 saturated heterocycles. The molecule has 1 fully saturated rings. The second-order valence-electron chi connectivity index (χ2n) is 18.3. The number of aliphatic carboxylic acids is 2. The molecule has 0 spiro atoms. The van der Waals surface area contributed by atoms with Crippen molar-refractivity contribution >= 4 is 59.2 Å². The minimum Gasteiger partial charge on any atom is -0.480 e. The molecule has 71 heavy (non-hydrogen) atoms. The van der Waals surface area contributed by atoms with Gasteiger partial charge in [0.1, 0.15) is 35.9 Å². The Balaban J connectivity index is 2.73. The number of carbonyl (C=O) groups is 9. The molecule has 7 amide bonds. The fraction of sp³-hybridized carbons (Fsp3) is 0.551. The summed E-state index contributed by atoms with van der Waals surface area (Å²) in [4.78, 5) is 126. The Bertz CT molecular complexity index is 2160. The van der Waals surface area contributed by atoms with Crippen LogP contribution in [0, 0.1) is 23.7 Å². The maximum absolute atomic E-state index is 14.4. The number of rotatable bonds is 15. The molecule has 10 atom stereocenters. The number of allylic oxidation sites excluding steroid dienone is 2. The number of nitrogens with two attached hydrogens (primary N) is 2. The molecule has 0 bridgehead atoms. The van der Waals surface area contributed by atoms with E-state index in [4.69, 9.17) is 16.2 Å². The van der Waals surface area contributed by atoms with Crippen molar-refractivity contribution < 1.29 is 58.1 Å². The topological polar surface area (TPSA) is 343 Å². The second kappa shape index (κ2) is 29.2. The number of hydrogen-bond acceptors (Lipinski definition) is 11. The van der Waals surface area contributed by atoms with Gasteiger partial charge in [0.25, 0.3) is 5.91 Å². The Hall–Kier alpha value is -7.10. The number of ether oxygens (including phenoxy) is 1. The summed E-state index contributed by atoms with van der Waals surface area (Å²) in [5, 5.41) is 35.5. The molecule has 392 valence electrons. The van der Waals surface area contributed by atoms with E-state index < -0.39 is 120 Å². The molecule has 0 aromatic heterocycles. The first-order chi connectivity index (χ1) is 33.3. The number of carbonyl (C=O) groups excluding carboxylic acids is 7. The number of carboxylic acids is 2. The van der Waals surface area contributed by atoms with Crippen molar-refractivity contribution in [3.05, 3.63) is 72.0 Å². The van der Waals surface area contributed by atoms with Crippen LogP contribution in [0.3, 0.4) is 0 Å². The highest BCUT2D eigenvalue weighted by atomic mass is 16.5. The molecule has 22 heteroatoms. The van der Waals surface area contributed by atoms with Gasteiger partial charge in [0.15, 0.2) is 5.96 Å². The summed E-state index contributed by atoms with van der Waals surface area (Å²) in [6.07, 6.45) is 4.64. The lowest BCUT2D eigenvalue weighted by atomic mass is 9.94. The molecule has 2 rings (SSSR count). The average molecular weight is 995 g/mol. The number of nitrogens with one attached hydrogen (secondary N) is 6. The van der Waals surface area contributed by atoms with Crippen molar-refractivity contribution in [3.63, 3.8) is 0 Å². The molecular formula is C49H74N10O12. The Labute approximate surface area is 415 Å². The van der Waals surface area contributed by atoms with Crippen LogP contribution in [0.15, 0.2) is 71.4 Å². The monoisotopic (exact) mass is 995 g/mol. The summed E-state index contributed by atoms with van der Waals surface area (Å²) < 4.78 is 5.81. The van der Waals surface area contributed by atoms with Crippen LogP contribution in [-0.4, -0.2) is 137 Å². The molecule has 1 aromatic rings. The normalized spacial score (nSPS) is 25.3. The Kier molecular flexibility index (Phi) is 24.7. The van der Waals surface area contributed by atoms with Gasteiger partial charge in [0, 0.05) is 33.0 Å². The molecule has 1 aromatic carbocycles. The van der Waals surface area contributed by atoms with E-state index in [1.54, 1.807) is 34.0 Å². The van der Waals surface area contributed by atoms with E-state index in [0.29, 0.717) is 12.0 Å². The first-order valence-electron chi connectivity index (χ1n) is 23.5. The molecule has 0 radical (unpaired) electrons. The standard InChI is InChI=1S/C49H74N10O12/c1-26(2)23-37-46(66)58-40(48(69)70)30(6)42(62)55-35(17-14-22-52-49(50)51)45(65)54-34(19-18-27(3)24-28(4)38(71-10)25-33-15-12-11-13-16-33)29(5)41(61)56-36(47(67)68)20-21-39(60)59(9)32(8)44(64)53-31(7)43(63)57-37/h11-13,15-16,18-19,24,26,28-31,34-38,40H,8,14,17,20-23,25H2,1-7,9-10H3,(H,53,64)(H,54,65)(H,55,62)(H,56,61)(H,57,63)(H,58,66)(H,67,68)(H,69,70)(H4,50,51,52)/b19-18+,27-24+/t28-,29-,30-,31+,34+,35-,36+,37-,38-,40+/m0/s1. The average Bonchev–Trinajstić information content (AvgIpc) is 3.31. The van der Waals surface area contributed by atoms with Gasteiger partial charge in [-0.3, -0.25) is 38.6 Å². The van der Waals surface area contributed by atoms with Crippen LogP contribution >= 0.6 is 0 Å². The van der Waals surface area contributed by atoms with Crippen LogP contribution in [0.5, 0.6) is 0 Å². The zero-order chi connectivity index (χ0) is 53.7. The number of methoxy groups -OCH3 is 1. The number of guanidine groups is 1. The summed E-state index contributed by atoms with van der Waals surface area (Å²) >= 11 is 0. The number of amides is 7. The predicted octanol–water partition coefficient (Wildman–Crippen LogP) is 0.618. The van der Waals surface area contributed by atoms with Gasteiger partial charge < -0.3 is 63.2 Å². The van der Waals surface area contributed by atoms with Crippen LogP contribution in [0.2, 0.25) is 0 Å². The van der Waals surface area contributed by atoms with Gasteiger partial charge in [-0.1, -0.05) is 95.3 Å². The first kappa shape index (κ1) is 60.0. The fourth-order valence-electron chi connectivity index (χ4n) is 7.46. The zero-order valence-electron chi connectivity index (χ0n) is 42.2. The lowest BCUT2D eigenvalue weighted by Gasteiger charge is -2.28. The van der Waals surface area contributed by atoms with Crippen LogP contribution in [0.1, 0.15) is 86.1 Å². The number of benzene rings is 1. The smallest absolute Gasteiger partial charge is 0.327 e. The van der Waals surface area contributed by atoms with E-state index >= 15 is 0 Å². The lowest BCUT2D eigenvalue weighted by Crippen LogP contribution is -2.59. The molecule has 1 aliphatic rings. The highest BCUT2D eigenvalue weighted by Gasteiger charge is 2.37.